The van der Waals surface area contributed by atoms with Crippen LogP contribution in [-0.2, 0) is 11.3 Å². The Hall–Kier alpha value is -3.46. The van der Waals surface area contributed by atoms with Crippen LogP contribution < -0.4 is 31.0 Å². The quantitative estimate of drug-likeness (QED) is 0.457. The van der Waals surface area contributed by atoms with Gasteiger partial charge in [-0.05, 0) is 48.7 Å². The number of aliphatic imine (C=N–C) groups is 1. The first-order valence-corrected chi connectivity index (χ1v) is 10.2. The Morgan fingerprint density at radius 2 is 2.03 bits per heavy atom. The summed E-state index contributed by atoms with van der Waals surface area (Å²) in [4.78, 5) is 16.0. The number of rotatable bonds is 7. The van der Waals surface area contributed by atoms with Gasteiger partial charge in [0, 0.05) is 18.1 Å². The van der Waals surface area contributed by atoms with E-state index in [1.54, 1.807) is 18.2 Å². The van der Waals surface area contributed by atoms with E-state index in [0.29, 0.717) is 48.4 Å². The molecule has 164 valence electrons. The smallest absolute Gasteiger partial charge is 0.248 e. The van der Waals surface area contributed by atoms with E-state index in [2.05, 4.69) is 10.3 Å². The van der Waals surface area contributed by atoms with Gasteiger partial charge in [-0.25, -0.2) is 4.99 Å². The van der Waals surface area contributed by atoms with Crippen molar-refractivity contribution in [1.82, 2.24) is 0 Å². The molecule has 5 N–H and O–H groups in total. The van der Waals surface area contributed by atoms with Gasteiger partial charge in [0.1, 0.15) is 5.75 Å². The lowest BCUT2D eigenvalue weighted by atomic mass is 10.0. The second kappa shape index (κ2) is 9.57. The van der Waals surface area contributed by atoms with Gasteiger partial charge in [-0.15, -0.1) is 0 Å². The van der Waals surface area contributed by atoms with E-state index in [1.807, 2.05) is 18.2 Å². The Balaban J connectivity index is 1.44. The number of amides is 1. The number of guanidine groups is 1. The minimum Gasteiger partial charge on any atom is -0.491 e. The van der Waals surface area contributed by atoms with E-state index < -0.39 is 5.91 Å². The highest BCUT2D eigenvalue weighted by atomic mass is 16.7. The molecule has 2 aliphatic heterocycles. The number of nitrogens with one attached hydrogen (secondary N) is 1. The van der Waals surface area contributed by atoms with Gasteiger partial charge in [-0.1, -0.05) is 6.07 Å². The number of nitrogens with zero attached hydrogens (tertiary/aromatic N) is 1. The highest BCUT2D eigenvalue weighted by Crippen LogP contribution is 2.32. The summed E-state index contributed by atoms with van der Waals surface area (Å²) >= 11 is 0. The molecule has 2 aliphatic rings. The molecule has 31 heavy (non-hydrogen) atoms. The molecule has 0 bridgehead atoms. The number of hydrogen-bond acceptors (Lipinski definition) is 6. The molecule has 1 amide bonds. The summed E-state index contributed by atoms with van der Waals surface area (Å²) in [6.45, 7) is 2.52. The van der Waals surface area contributed by atoms with Gasteiger partial charge in [0.2, 0.25) is 12.7 Å². The van der Waals surface area contributed by atoms with Gasteiger partial charge in [0.15, 0.2) is 17.5 Å². The summed E-state index contributed by atoms with van der Waals surface area (Å²) in [5.74, 6) is 1.90. The molecule has 4 rings (SSSR count). The minimum atomic E-state index is -0.526. The minimum absolute atomic E-state index is 0.218. The molecule has 2 aromatic rings. The van der Waals surface area contributed by atoms with Crippen molar-refractivity contribution in [2.24, 2.45) is 22.4 Å². The fourth-order valence-electron chi connectivity index (χ4n) is 3.44. The maximum absolute atomic E-state index is 11.6. The summed E-state index contributed by atoms with van der Waals surface area (Å²) in [5, 5.41) is 3.05. The fourth-order valence-corrected chi connectivity index (χ4v) is 3.44. The van der Waals surface area contributed by atoms with Crippen molar-refractivity contribution in [2.45, 2.75) is 19.4 Å². The van der Waals surface area contributed by atoms with Crippen LogP contribution in [0.3, 0.4) is 0 Å². The first-order valence-electron chi connectivity index (χ1n) is 10.2. The molecule has 0 saturated carbocycles. The number of ether oxygens (including phenoxy) is 4. The first kappa shape index (κ1) is 20.8. The van der Waals surface area contributed by atoms with Crippen LogP contribution in [0.25, 0.3) is 0 Å². The molecular weight excluding hydrogens is 400 g/mol. The van der Waals surface area contributed by atoms with Crippen molar-refractivity contribution in [1.29, 1.82) is 0 Å². The van der Waals surface area contributed by atoms with Gasteiger partial charge in [0.25, 0.3) is 0 Å². The number of anilines is 1. The number of fused-ring (bicyclic) bond motifs is 1. The molecular formula is C22H26N4O5. The molecule has 1 saturated heterocycles. The number of carbonyl (C=O) groups excluding carboxylic acids is 1. The van der Waals surface area contributed by atoms with E-state index >= 15 is 0 Å². The molecule has 0 aliphatic carbocycles. The standard InChI is InChI=1S/C22H26N4O5/c23-21(27)16-4-5-17(19(9-16)29-12-15-2-1-7-28-11-15)26-22(24)25-10-14-3-6-18-20(8-14)31-13-30-18/h3-6,8-9,15H,1-2,7,10-13H2,(H2,23,27)(H3,24,25,26). The predicted molar refractivity (Wildman–Crippen MR) is 116 cm³/mol. The van der Waals surface area contributed by atoms with Crippen molar-refractivity contribution in [3.05, 3.63) is 47.5 Å². The second-order valence-corrected chi connectivity index (χ2v) is 7.48. The summed E-state index contributed by atoms with van der Waals surface area (Å²) in [7, 11) is 0. The Bertz CT molecular complexity index is 972. The van der Waals surface area contributed by atoms with E-state index in [4.69, 9.17) is 30.4 Å². The molecule has 0 aromatic heterocycles. The third-order valence-electron chi connectivity index (χ3n) is 5.13. The van der Waals surface area contributed by atoms with Crippen LogP contribution in [0.1, 0.15) is 28.8 Å². The van der Waals surface area contributed by atoms with Gasteiger partial charge in [0.05, 0.1) is 25.4 Å². The van der Waals surface area contributed by atoms with E-state index in [9.17, 15) is 4.79 Å². The van der Waals surface area contributed by atoms with E-state index in [1.165, 1.54) is 0 Å². The lowest BCUT2D eigenvalue weighted by Crippen LogP contribution is -2.25. The van der Waals surface area contributed by atoms with E-state index in [0.717, 1.165) is 30.8 Å². The maximum atomic E-state index is 11.6. The number of primary amides is 1. The molecule has 2 aromatic carbocycles. The topological polar surface area (TPSA) is 130 Å². The van der Waals surface area contributed by atoms with Crippen molar-refractivity contribution < 1.29 is 23.7 Å². The Kier molecular flexibility index (Phi) is 6.42. The summed E-state index contributed by atoms with van der Waals surface area (Å²) in [6.07, 6.45) is 2.05. The zero-order valence-corrected chi connectivity index (χ0v) is 17.1. The lowest BCUT2D eigenvalue weighted by molar-refractivity contribution is 0.0353. The number of carbonyl (C=O) groups is 1. The summed E-state index contributed by atoms with van der Waals surface area (Å²) in [5.41, 5.74) is 13.4. The van der Waals surface area contributed by atoms with Gasteiger partial charge >= 0.3 is 0 Å². The third kappa shape index (κ3) is 5.37. The highest BCUT2D eigenvalue weighted by molar-refractivity contribution is 5.97. The van der Waals surface area contributed by atoms with Crippen molar-refractivity contribution >= 4 is 17.6 Å². The summed E-state index contributed by atoms with van der Waals surface area (Å²) < 4.78 is 22.2. The van der Waals surface area contributed by atoms with Gasteiger partial charge < -0.3 is 35.7 Å². The highest BCUT2D eigenvalue weighted by Gasteiger charge is 2.17. The average Bonchev–Trinajstić information content (AvgIpc) is 3.25. The SMILES string of the molecule is NC(=O)c1ccc(NC(N)=NCc2ccc3c(c2)OCO3)c(OCC2CCCOC2)c1. The molecule has 0 spiro atoms. The Morgan fingerprint density at radius 1 is 1.16 bits per heavy atom. The number of benzene rings is 2. The molecule has 9 heteroatoms. The summed E-state index contributed by atoms with van der Waals surface area (Å²) in [6, 6.07) is 10.6. The second-order valence-electron chi connectivity index (χ2n) is 7.48. The van der Waals surface area contributed by atoms with Crippen LogP contribution >= 0.6 is 0 Å². The maximum Gasteiger partial charge on any atom is 0.248 e. The van der Waals surface area contributed by atoms with Crippen LogP contribution in [0.15, 0.2) is 41.4 Å². The molecule has 0 radical (unpaired) electrons. The lowest BCUT2D eigenvalue weighted by Gasteiger charge is -2.23. The van der Waals surface area contributed by atoms with Crippen LogP contribution in [0, 0.1) is 5.92 Å². The zero-order chi connectivity index (χ0) is 21.6. The third-order valence-corrected chi connectivity index (χ3v) is 5.13. The first-order chi connectivity index (χ1) is 15.1. The van der Waals surface area contributed by atoms with Crippen LogP contribution in [-0.4, -0.2) is 38.5 Å². The van der Waals surface area contributed by atoms with Crippen LogP contribution in [0.5, 0.6) is 17.2 Å². The van der Waals surface area contributed by atoms with Crippen molar-refractivity contribution in [3.8, 4) is 17.2 Å². The molecule has 1 atom stereocenters. The fraction of sp³-hybridized carbons (Fsp3) is 0.364. The Labute approximate surface area is 180 Å². The van der Waals surface area contributed by atoms with Crippen molar-refractivity contribution in [3.63, 3.8) is 0 Å². The molecule has 1 unspecified atom stereocenters. The monoisotopic (exact) mass is 426 g/mol. The van der Waals surface area contributed by atoms with Crippen molar-refractivity contribution in [2.75, 3.05) is 31.9 Å². The number of nitrogens with two attached hydrogens (primary N) is 2. The average molecular weight is 426 g/mol. The van der Waals surface area contributed by atoms with E-state index in [-0.39, 0.29) is 12.8 Å². The molecule has 9 nitrogen and oxygen atoms in total. The Morgan fingerprint density at radius 3 is 2.84 bits per heavy atom. The van der Waals surface area contributed by atoms with Crippen LogP contribution in [0.4, 0.5) is 5.69 Å². The van der Waals surface area contributed by atoms with Gasteiger partial charge in [-0.2, -0.15) is 0 Å². The zero-order valence-electron chi connectivity index (χ0n) is 17.1. The predicted octanol–water partition coefficient (Wildman–Crippen LogP) is 2.25. The normalized spacial score (nSPS) is 17.9. The van der Waals surface area contributed by atoms with Gasteiger partial charge in [-0.3, -0.25) is 4.79 Å². The number of hydrogen-bond donors (Lipinski definition) is 3. The largest absolute Gasteiger partial charge is 0.491 e. The molecule has 1 fully saturated rings. The van der Waals surface area contributed by atoms with Crippen LogP contribution in [0.2, 0.25) is 0 Å². The molecule has 2 heterocycles.